The number of ketones is 1. The summed E-state index contributed by atoms with van der Waals surface area (Å²) < 4.78 is 35.3. The fraction of sp³-hybridized carbons (Fsp3) is 0.400. The van der Waals surface area contributed by atoms with Crippen LogP contribution in [-0.4, -0.2) is 127 Å². The molecule has 0 unspecified atom stereocenters. The molecule has 0 radical (unpaired) electrons. The van der Waals surface area contributed by atoms with Crippen LogP contribution in [0.5, 0.6) is 11.5 Å². The molecule has 23 nitrogen and oxygen atoms in total. The number of nitrogens with two attached hydrogens (primary N) is 2. The number of anilines is 1. The lowest BCUT2D eigenvalue weighted by Crippen LogP contribution is -2.27. The number of hydrogen-bond donors (Lipinski definition) is 4. The van der Waals surface area contributed by atoms with Gasteiger partial charge in [-0.25, -0.2) is 19.7 Å². The molecule has 73 heavy (non-hydrogen) atoms. The number of alkyl carbamates (subject to hydrolysis) is 1. The van der Waals surface area contributed by atoms with E-state index in [0.29, 0.717) is 93.7 Å². The molecule has 0 aliphatic carbocycles. The van der Waals surface area contributed by atoms with E-state index >= 15 is 0 Å². The molecule has 5 heterocycles. The van der Waals surface area contributed by atoms with Crippen molar-refractivity contribution < 1.29 is 47.7 Å². The van der Waals surface area contributed by atoms with Crippen molar-refractivity contribution in [3.63, 3.8) is 0 Å². The maximum Gasteiger partial charge on any atom is 0.407 e. The molecular formula is C50H61N13O10. The van der Waals surface area contributed by atoms with Gasteiger partial charge in [0.2, 0.25) is 17.8 Å². The normalized spacial score (nSPS) is 11.5. The van der Waals surface area contributed by atoms with Gasteiger partial charge in [0.1, 0.15) is 34.1 Å². The van der Waals surface area contributed by atoms with Crippen molar-refractivity contribution in [2.75, 3.05) is 58.6 Å². The van der Waals surface area contributed by atoms with Crippen molar-refractivity contribution in [2.45, 2.75) is 80.1 Å². The summed E-state index contributed by atoms with van der Waals surface area (Å²) in [5, 5.41) is 16.0. The Morgan fingerprint density at radius 1 is 0.726 bits per heavy atom. The Hall–Kier alpha value is -8.34. The summed E-state index contributed by atoms with van der Waals surface area (Å²) in [6, 6.07) is 10.1. The van der Waals surface area contributed by atoms with Crippen molar-refractivity contribution in [3.8, 4) is 23.0 Å². The topological polar surface area (TPSA) is 292 Å². The number of fused-ring (bicyclic) bond motifs is 4. The van der Waals surface area contributed by atoms with Crippen molar-refractivity contribution in [1.29, 1.82) is 0 Å². The number of nitrogens with one attached hydrogen (secondary N) is 2. The van der Waals surface area contributed by atoms with Crippen molar-refractivity contribution >= 4 is 68.6 Å². The quantitative estimate of drug-likeness (QED) is 0.0221. The van der Waals surface area contributed by atoms with Crippen molar-refractivity contribution in [2.24, 2.45) is 11.5 Å². The van der Waals surface area contributed by atoms with Gasteiger partial charge in [0.05, 0.1) is 61.8 Å². The Labute approximate surface area is 420 Å². The van der Waals surface area contributed by atoms with Gasteiger partial charge in [-0.3, -0.25) is 28.5 Å². The van der Waals surface area contributed by atoms with Crippen LogP contribution in [0.25, 0.3) is 44.5 Å². The molecule has 7 aromatic rings. The molecule has 386 valence electrons. The zero-order chi connectivity index (χ0) is 52.2. The zero-order valence-electron chi connectivity index (χ0n) is 41.9. The highest BCUT2D eigenvalue weighted by molar-refractivity contribution is 6.12. The van der Waals surface area contributed by atoms with E-state index < -0.39 is 23.9 Å². The van der Waals surface area contributed by atoms with Crippen LogP contribution in [0.1, 0.15) is 82.6 Å². The second-order valence-corrected chi connectivity index (χ2v) is 16.8. The molecule has 0 aliphatic rings. The van der Waals surface area contributed by atoms with Crippen LogP contribution in [0.15, 0.2) is 54.7 Å². The lowest BCUT2D eigenvalue weighted by Gasteiger charge is -2.13. The number of rotatable bonds is 27. The molecule has 5 aromatic heterocycles. The molecule has 0 saturated carbocycles. The van der Waals surface area contributed by atoms with Gasteiger partial charge >= 0.3 is 12.1 Å². The zero-order valence-corrected chi connectivity index (χ0v) is 41.9. The highest BCUT2D eigenvalue weighted by Gasteiger charge is 2.23. The number of aryl methyl sites for hydroxylation is 4. The van der Waals surface area contributed by atoms with Gasteiger partial charge in [-0.05, 0) is 71.0 Å². The van der Waals surface area contributed by atoms with Crippen LogP contribution < -0.4 is 31.6 Å². The minimum atomic E-state index is -0.695. The lowest BCUT2D eigenvalue weighted by atomic mass is 10.1. The van der Waals surface area contributed by atoms with Gasteiger partial charge < -0.3 is 54.9 Å². The molecule has 3 amide bonds. The number of hydrogen-bond acceptors (Lipinski definition) is 16. The Kier molecular flexibility index (Phi) is 17.4. The summed E-state index contributed by atoms with van der Waals surface area (Å²) in [6.07, 6.45) is 5.71. The van der Waals surface area contributed by atoms with E-state index in [1.54, 1.807) is 55.2 Å². The molecule has 0 atom stereocenters. The van der Waals surface area contributed by atoms with Crippen molar-refractivity contribution in [3.05, 3.63) is 83.0 Å². The smallest absolute Gasteiger partial charge is 0.407 e. The average molecular weight is 1000 g/mol. The number of methoxy groups -OCH3 is 1. The van der Waals surface area contributed by atoms with E-state index in [1.807, 2.05) is 59.7 Å². The highest BCUT2D eigenvalue weighted by Crippen LogP contribution is 2.37. The van der Waals surface area contributed by atoms with E-state index in [-0.39, 0.29) is 82.4 Å². The van der Waals surface area contributed by atoms with Crippen LogP contribution >= 0.6 is 0 Å². The minimum absolute atomic E-state index is 0.00416. The molecule has 23 heteroatoms. The van der Waals surface area contributed by atoms with Gasteiger partial charge in [-0.15, -0.1) is 0 Å². The maximum absolute atomic E-state index is 13.6. The third-order valence-corrected chi connectivity index (χ3v) is 11.5. The van der Waals surface area contributed by atoms with E-state index in [0.717, 1.165) is 11.4 Å². The van der Waals surface area contributed by atoms with E-state index in [2.05, 4.69) is 20.8 Å². The van der Waals surface area contributed by atoms with Gasteiger partial charge in [-0.1, -0.05) is 12.2 Å². The van der Waals surface area contributed by atoms with Gasteiger partial charge in [0, 0.05) is 87.4 Å². The summed E-state index contributed by atoms with van der Waals surface area (Å²) >= 11 is 0. The molecule has 0 bridgehead atoms. The summed E-state index contributed by atoms with van der Waals surface area (Å²) in [5.41, 5.74) is 16.8. The molecule has 7 rings (SSSR count). The molecule has 0 fully saturated rings. The second kappa shape index (κ2) is 24.2. The number of primary amides is 2. The largest absolute Gasteiger partial charge is 0.491 e. The van der Waals surface area contributed by atoms with Gasteiger partial charge in [0.25, 0.3) is 0 Å². The number of benzene rings is 2. The van der Waals surface area contributed by atoms with Crippen molar-refractivity contribution in [1.82, 2.24) is 49.0 Å². The van der Waals surface area contributed by atoms with E-state index in [4.69, 9.17) is 50.1 Å². The highest BCUT2D eigenvalue weighted by atomic mass is 16.6. The average Bonchev–Trinajstić information content (AvgIpc) is 4.14. The Bertz CT molecular complexity index is 3180. The number of Topliss-reactive ketones (excluding diaryl/α,β-unsaturated/α-hetero) is 1. The first kappa shape index (κ1) is 52.5. The Balaban J connectivity index is 1.25. The first-order valence-corrected chi connectivity index (χ1v) is 24.0. The first-order valence-electron chi connectivity index (χ1n) is 24.0. The summed E-state index contributed by atoms with van der Waals surface area (Å²) in [7, 11) is 1.60. The van der Waals surface area contributed by atoms with E-state index in [1.165, 1.54) is 0 Å². The number of nitrogens with zero attached hydrogens (tertiary/aromatic N) is 9. The number of carbonyl (C=O) groups excluding carboxylic acids is 5. The maximum atomic E-state index is 13.6. The fourth-order valence-corrected chi connectivity index (χ4v) is 8.24. The van der Waals surface area contributed by atoms with Crippen LogP contribution in [0.4, 0.5) is 10.7 Å². The number of allylic oxidation sites excluding steroid dienone is 2. The lowest BCUT2D eigenvalue weighted by molar-refractivity contribution is -0.142. The second-order valence-electron chi connectivity index (χ2n) is 16.8. The standard InChI is InChI=1S/C50H61N13O10/c1-7-62-37(22-30(4)58-62)39(64)29-55-49-56-36-25-33(46(52)67)27-41(72-19-12-18-69-6)44(36)61(49)17-11-10-16-60-43-34(35-28-54-47(57-48(35)60)38-23-31(5)59-63(38)8-2)24-32(45(51)66)26-40(43)71-20-13-21-73-50(68)53-15-14-42(65)70-9-3/h10-11,22-28H,7-9,12-21,29H2,1-6H3,(H2,51,66)(H2,52,67)(H,53,68)(H,55,56)/b11-10+. The van der Waals surface area contributed by atoms with Gasteiger partial charge in [0.15, 0.2) is 11.6 Å². The summed E-state index contributed by atoms with van der Waals surface area (Å²) in [4.78, 5) is 77.6. The Morgan fingerprint density at radius 3 is 2.07 bits per heavy atom. The summed E-state index contributed by atoms with van der Waals surface area (Å²) in [5.74, 6) is -0.519. The summed E-state index contributed by atoms with van der Waals surface area (Å²) in [6.45, 7) is 11.8. The number of esters is 1. The third-order valence-electron chi connectivity index (χ3n) is 11.5. The molecule has 0 aliphatic heterocycles. The fourth-order valence-electron chi connectivity index (χ4n) is 8.24. The minimum Gasteiger partial charge on any atom is -0.491 e. The number of ether oxygens (including phenoxy) is 5. The Morgan fingerprint density at radius 2 is 1.38 bits per heavy atom. The number of imidazole rings is 1. The molecule has 0 spiro atoms. The molecule has 0 saturated heterocycles. The monoisotopic (exact) mass is 1000 g/mol. The number of aromatic nitrogens is 9. The number of amides is 3. The molecule has 6 N–H and O–H groups in total. The predicted octanol–water partition coefficient (Wildman–Crippen LogP) is 5.26. The predicted molar refractivity (Wildman–Crippen MR) is 271 cm³/mol. The third kappa shape index (κ3) is 12.4. The molecule has 2 aromatic carbocycles. The van der Waals surface area contributed by atoms with Crippen LogP contribution in [0, 0.1) is 13.8 Å². The molecular weight excluding hydrogens is 943 g/mol. The first-order chi connectivity index (χ1) is 35.2. The number of carbonyl (C=O) groups is 5. The van der Waals surface area contributed by atoms with Crippen LogP contribution in [-0.2, 0) is 45.2 Å². The van der Waals surface area contributed by atoms with Gasteiger partial charge in [-0.2, -0.15) is 10.2 Å². The van der Waals surface area contributed by atoms with Crippen LogP contribution in [0.2, 0.25) is 0 Å². The van der Waals surface area contributed by atoms with Crippen LogP contribution in [0.3, 0.4) is 0 Å². The SMILES string of the molecule is CCOC(=O)CCNC(=O)OCCCOc1cc(C(N)=O)cc2c3cnc(-c4cc(C)nn4CC)nc3n(C/C=C/Cn3c(NCC(=O)c4cc(C)nn4CC)nc4cc(C(N)=O)cc(OCCCOC)c43)c12. The van der Waals surface area contributed by atoms with E-state index in [9.17, 15) is 24.0 Å².